The Morgan fingerprint density at radius 2 is 0.976 bits per heavy atom. The van der Waals surface area contributed by atoms with Crippen LogP contribution in [0.5, 0.6) is 0 Å². The van der Waals surface area contributed by atoms with Gasteiger partial charge in [0.15, 0.2) is 0 Å². The van der Waals surface area contributed by atoms with E-state index in [2.05, 4.69) is 43.7 Å². The molecule has 0 saturated heterocycles. The molecule has 4 saturated carbocycles. The third kappa shape index (κ3) is 11.7. The first-order valence-electron chi connectivity index (χ1n) is 28.6. The standard InChI is InChI=1S/C34H32N4O3.C18H13N3O2.C16H21NO2/c1-22(23-8-3-2-4-9-23)41-33(40)27-16-34(17-27)18-29(19-34)37-32(39)30-21-36-38-13-7-12-25(31(30)38)15-28-14-24-10-5-6-11-26(24)20-35-28;22-18(23)16-11-20-21-7-3-6-13(17(16)21)9-15-8-12-4-1-2-5-14(12)10-19-15;1-11(12-5-3-2-4-6-12)19-15(18)13-7-16(8-13)9-14(17)10-16/h2-14,20-22,27,29H,15-19H2,1H3,(H,37,39);1-8,10-11H,9H2,(H,22,23);2-6,11,13-14H,7-10,17H2,1H3/t22-,27?,29?,34?;;11-,13?,14?,16?/m0.0/s1. The summed E-state index contributed by atoms with van der Waals surface area (Å²) < 4.78 is 14.7. The molecular formula is C68H66N8O7. The van der Waals surface area contributed by atoms with Gasteiger partial charge in [0.05, 0.1) is 40.8 Å². The Morgan fingerprint density at radius 1 is 0.554 bits per heavy atom. The van der Waals surface area contributed by atoms with Crippen molar-refractivity contribution in [3.05, 3.63) is 228 Å². The summed E-state index contributed by atoms with van der Waals surface area (Å²) in [5.74, 6) is -1.19. The van der Waals surface area contributed by atoms with Crippen molar-refractivity contribution in [3.63, 3.8) is 0 Å². The monoisotopic (exact) mass is 1110 g/mol. The number of carbonyl (C=O) groups excluding carboxylic acids is 3. The molecule has 2 spiro atoms. The fourth-order valence-corrected chi connectivity index (χ4v) is 13.2. The molecule has 6 aromatic heterocycles. The number of esters is 2. The molecule has 4 aliphatic carbocycles. The Labute approximate surface area is 480 Å². The fourth-order valence-electron chi connectivity index (χ4n) is 13.2. The van der Waals surface area contributed by atoms with Crippen LogP contribution in [0.25, 0.3) is 32.6 Å². The lowest BCUT2D eigenvalue weighted by atomic mass is 9.50. The van der Waals surface area contributed by atoms with Crippen molar-refractivity contribution in [2.24, 2.45) is 28.4 Å². The van der Waals surface area contributed by atoms with E-state index in [-0.39, 0.29) is 58.9 Å². The van der Waals surface area contributed by atoms with Gasteiger partial charge in [0, 0.05) is 71.9 Å². The molecule has 4 aromatic carbocycles. The molecule has 6 heterocycles. The van der Waals surface area contributed by atoms with E-state index in [4.69, 9.17) is 15.2 Å². The van der Waals surface area contributed by atoms with E-state index in [1.165, 1.54) is 6.20 Å². The summed E-state index contributed by atoms with van der Waals surface area (Å²) in [6, 6.07) is 48.3. The second kappa shape index (κ2) is 23.0. The minimum Gasteiger partial charge on any atom is -0.478 e. The third-order valence-electron chi connectivity index (χ3n) is 17.4. The van der Waals surface area contributed by atoms with Gasteiger partial charge in [0.1, 0.15) is 17.8 Å². The van der Waals surface area contributed by atoms with Crippen LogP contribution in [-0.2, 0) is 31.9 Å². The number of pyridine rings is 4. The van der Waals surface area contributed by atoms with Gasteiger partial charge < -0.3 is 25.6 Å². The number of ether oxygens (including phenoxy) is 2. The molecule has 4 fully saturated rings. The number of nitrogens with one attached hydrogen (secondary N) is 1. The molecule has 14 rings (SSSR count). The van der Waals surface area contributed by atoms with Gasteiger partial charge in [0.2, 0.25) is 0 Å². The summed E-state index contributed by atoms with van der Waals surface area (Å²) in [7, 11) is 0. The SMILES string of the molecule is C[C@H](OC(=O)C1CC2(CC(N)C2)C1)c1ccccc1.C[C@H](OC(=O)C1CC2(CC(NC(=O)c3cnn4cccc(Cc5cc6ccccc6cn5)c34)C2)C1)c1ccccc1.O=C(O)c1cnn2cccc(Cc3cc4ccccc4cn3)c12. The van der Waals surface area contributed by atoms with Crippen LogP contribution in [0.4, 0.5) is 0 Å². The molecule has 0 aliphatic heterocycles. The molecular weight excluding hydrogens is 1040 g/mol. The van der Waals surface area contributed by atoms with Crippen LogP contribution in [0.2, 0.25) is 0 Å². The number of carboxylic acid groups (broad SMARTS) is 1. The fraction of sp³-hybridized carbons (Fsp3) is 0.294. The first kappa shape index (κ1) is 54.5. The number of hydrogen-bond donors (Lipinski definition) is 3. The molecule has 83 heavy (non-hydrogen) atoms. The highest BCUT2D eigenvalue weighted by atomic mass is 16.5. The molecule has 420 valence electrons. The zero-order valence-corrected chi connectivity index (χ0v) is 46.5. The summed E-state index contributed by atoms with van der Waals surface area (Å²) in [4.78, 5) is 58.7. The summed E-state index contributed by atoms with van der Waals surface area (Å²) in [5.41, 5.74) is 14.4. The van der Waals surface area contributed by atoms with Gasteiger partial charge in [-0.05, 0) is 133 Å². The van der Waals surface area contributed by atoms with Crippen molar-refractivity contribution in [1.29, 1.82) is 0 Å². The van der Waals surface area contributed by atoms with Gasteiger partial charge in [-0.1, -0.05) is 121 Å². The zero-order chi connectivity index (χ0) is 57.2. The number of carbonyl (C=O) groups is 4. The molecule has 4 N–H and O–H groups in total. The van der Waals surface area contributed by atoms with Crippen LogP contribution in [-0.4, -0.2) is 70.2 Å². The number of hydrogen-bond acceptors (Lipinski definition) is 11. The van der Waals surface area contributed by atoms with Crippen molar-refractivity contribution in [2.45, 2.75) is 102 Å². The smallest absolute Gasteiger partial charge is 0.339 e. The highest BCUT2D eigenvalue weighted by Gasteiger charge is 2.56. The van der Waals surface area contributed by atoms with Crippen LogP contribution < -0.4 is 11.1 Å². The predicted octanol–water partition coefficient (Wildman–Crippen LogP) is 12.0. The lowest BCUT2D eigenvalue weighted by Gasteiger charge is -2.57. The van der Waals surface area contributed by atoms with E-state index >= 15 is 0 Å². The number of nitrogens with two attached hydrogens (primary N) is 1. The molecule has 0 radical (unpaired) electrons. The number of fused-ring (bicyclic) bond motifs is 4. The minimum atomic E-state index is -0.973. The number of rotatable bonds is 13. The second-order valence-electron chi connectivity index (χ2n) is 23.4. The Kier molecular flexibility index (Phi) is 15.1. The molecule has 15 heteroatoms. The van der Waals surface area contributed by atoms with E-state index < -0.39 is 5.97 Å². The van der Waals surface area contributed by atoms with Crippen LogP contribution in [0.15, 0.2) is 183 Å². The third-order valence-corrected chi connectivity index (χ3v) is 17.4. The maximum Gasteiger partial charge on any atom is 0.339 e. The predicted molar refractivity (Wildman–Crippen MR) is 316 cm³/mol. The maximum atomic E-state index is 13.4. The molecule has 0 bridgehead atoms. The molecule has 4 aliphatic rings. The van der Waals surface area contributed by atoms with E-state index in [0.717, 1.165) is 112 Å². The summed E-state index contributed by atoms with van der Waals surface area (Å²) in [5, 5.41) is 25.6. The molecule has 15 nitrogen and oxygen atoms in total. The summed E-state index contributed by atoms with van der Waals surface area (Å²) in [6.07, 6.45) is 18.7. The Bertz CT molecular complexity index is 4000. The highest BCUT2D eigenvalue weighted by molar-refractivity contribution is 6.02. The van der Waals surface area contributed by atoms with Crippen LogP contribution in [0, 0.1) is 22.7 Å². The Hall–Kier alpha value is -9.08. The first-order valence-corrected chi connectivity index (χ1v) is 28.6. The Balaban J connectivity index is 0.000000136. The normalized spacial score (nSPS) is 21.9. The van der Waals surface area contributed by atoms with Crippen molar-refractivity contribution in [2.75, 3.05) is 0 Å². The highest BCUT2D eigenvalue weighted by Crippen LogP contribution is 2.60. The van der Waals surface area contributed by atoms with E-state index in [1.54, 1.807) is 21.4 Å². The van der Waals surface area contributed by atoms with Gasteiger partial charge in [-0.15, -0.1) is 0 Å². The number of aromatic nitrogens is 6. The van der Waals surface area contributed by atoms with Crippen molar-refractivity contribution < 1.29 is 33.8 Å². The minimum absolute atomic E-state index is 0.0394. The molecule has 0 unspecified atom stereocenters. The zero-order valence-electron chi connectivity index (χ0n) is 46.5. The van der Waals surface area contributed by atoms with E-state index in [9.17, 15) is 24.3 Å². The van der Waals surface area contributed by atoms with Crippen LogP contribution in [0.3, 0.4) is 0 Å². The quantitative estimate of drug-likeness (QED) is 0.0923. The topological polar surface area (TPSA) is 205 Å². The largest absolute Gasteiger partial charge is 0.478 e. The van der Waals surface area contributed by atoms with E-state index in [1.807, 2.05) is 160 Å². The van der Waals surface area contributed by atoms with Gasteiger partial charge in [-0.3, -0.25) is 24.4 Å². The van der Waals surface area contributed by atoms with E-state index in [0.29, 0.717) is 35.4 Å². The number of aromatic carboxylic acids is 1. The van der Waals surface area contributed by atoms with Crippen molar-refractivity contribution >= 4 is 56.4 Å². The first-order chi connectivity index (χ1) is 40.3. The Morgan fingerprint density at radius 3 is 1.43 bits per heavy atom. The molecule has 10 aromatic rings. The number of benzene rings is 4. The summed E-state index contributed by atoms with van der Waals surface area (Å²) >= 11 is 0. The van der Waals surface area contributed by atoms with Crippen LogP contribution >= 0.6 is 0 Å². The van der Waals surface area contributed by atoms with Gasteiger partial charge in [-0.25, -0.2) is 13.8 Å². The van der Waals surface area contributed by atoms with Crippen molar-refractivity contribution in [3.8, 4) is 0 Å². The van der Waals surface area contributed by atoms with Gasteiger partial charge in [-0.2, -0.15) is 10.2 Å². The lowest BCUT2D eigenvalue weighted by Crippen LogP contribution is -2.57. The van der Waals surface area contributed by atoms with Gasteiger partial charge in [0.25, 0.3) is 5.91 Å². The number of nitrogens with zero attached hydrogens (tertiary/aromatic N) is 6. The average Bonchev–Trinajstić information content (AvgIpc) is 3.77. The number of carboxylic acids is 1. The second-order valence-corrected chi connectivity index (χ2v) is 23.4. The average molecular weight is 1110 g/mol. The molecule has 1 amide bonds. The van der Waals surface area contributed by atoms with Crippen molar-refractivity contribution in [1.82, 2.24) is 34.5 Å². The van der Waals surface area contributed by atoms with Crippen LogP contribution in [0.1, 0.15) is 132 Å². The summed E-state index contributed by atoms with van der Waals surface area (Å²) in [6.45, 7) is 3.85. The maximum absolute atomic E-state index is 13.4. The number of amides is 1. The lowest BCUT2D eigenvalue weighted by molar-refractivity contribution is -0.168. The van der Waals surface area contributed by atoms with Gasteiger partial charge >= 0.3 is 17.9 Å². The molecule has 2 atom stereocenters.